The number of nitro groups is 1. The molecule has 22 nitrogen and oxygen atoms in total. The third-order valence-electron chi connectivity index (χ3n) is 5.87. The van der Waals surface area contributed by atoms with Crippen molar-refractivity contribution < 1.29 is 67.0 Å². The van der Waals surface area contributed by atoms with E-state index < -0.39 is 110 Å². The summed E-state index contributed by atoms with van der Waals surface area (Å²) in [6.45, 7) is 0. The van der Waals surface area contributed by atoms with Crippen LogP contribution >= 0.6 is 0 Å². The van der Waals surface area contributed by atoms with Crippen LogP contribution < -0.4 is 17.2 Å². The van der Waals surface area contributed by atoms with Gasteiger partial charge in [-0.05, 0) is 41.8 Å². The van der Waals surface area contributed by atoms with Crippen molar-refractivity contribution in [3.8, 4) is 11.5 Å². The van der Waals surface area contributed by atoms with E-state index in [0.717, 1.165) is 30.3 Å². The Kier molecular flexibility index (Phi) is 9.90. The summed E-state index contributed by atoms with van der Waals surface area (Å²) >= 11 is 0. The number of aromatic hydroxyl groups is 2. The molecule has 0 bridgehead atoms. The van der Waals surface area contributed by atoms with E-state index in [1.807, 2.05) is 0 Å². The van der Waals surface area contributed by atoms with Crippen LogP contribution in [-0.2, 0) is 40.5 Å². The lowest BCUT2D eigenvalue weighted by Crippen LogP contribution is -2.05. The van der Waals surface area contributed by atoms with Crippen molar-refractivity contribution in [1.29, 1.82) is 0 Å². The van der Waals surface area contributed by atoms with Gasteiger partial charge in [-0.2, -0.15) is 33.7 Å². The third-order valence-corrected chi connectivity index (χ3v) is 9.43. The first-order valence-corrected chi connectivity index (χ1v) is 17.6. The van der Waals surface area contributed by atoms with Gasteiger partial charge in [0.1, 0.15) is 31.0 Å². The van der Waals surface area contributed by atoms with Gasteiger partial charge in [-0.15, -0.1) is 10.2 Å². The molecule has 0 atom stereocenters. The molecule has 0 radical (unpaired) electrons. The Labute approximate surface area is 268 Å². The minimum atomic E-state index is -5.19. The van der Waals surface area contributed by atoms with Gasteiger partial charge in [-0.1, -0.05) is 0 Å². The fourth-order valence-corrected chi connectivity index (χ4v) is 6.38. The molecule has 0 aliphatic heterocycles. The van der Waals surface area contributed by atoms with Gasteiger partial charge in [-0.3, -0.25) is 28.3 Å². The van der Waals surface area contributed by atoms with Crippen molar-refractivity contribution in [2.45, 2.75) is 19.6 Å². The van der Waals surface area contributed by atoms with Crippen LogP contribution in [0, 0.1) is 10.1 Å². The normalized spacial score (nSPS) is 12.5. The van der Waals surface area contributed by atoms with Crippen molar-refractivity contribution in [2.24, 2.45) is 10.2 Å². The quantitative estimate of drug-likeness (QED) is 0.0325. The number of rotatable bonds is 7. The lowest BCUT2D eigenvalue weighted by Gasteiger charge is -2.13. The fourth-order valence-electron chi connectivity index (χ4n) is 3.78. The van der Waals surface area contributed by atoms with Crippen molar-refractivity contribution in [2.75, 3.05) is 17.2 Å². The number of nitrogens with two attached hydrogens (primary N) is 3. The molecule has 26 heteroatoms. The number of benzene rings is 4. The van der Waals surface area contributed by atoms with Crippen molar-refractivity contribution in [1.82, 2.24) is 0 Å². The van der Waals surface area contributed by atoms with Crippen LogP contribution in [0.15, 0.2) is 78.3 Å². The summed E-state index contributed by atoms with van der Waals surface area (Å²) in [5, 5.41) is 36.9. The van der Waals surface area contributed by atoms with Crippen LogP contribution in [0.1, 0.15) is 0 Å². The number of fused-ring (bicyclic) bond motifs is 1. The van der Waals surface area contributed by atoms with Crippen LogP contribution in [-0.4, -0.2) is 67.0 Å². The molecule has 258 valence electrons. The first-order chi connectivity index (χ1) is 21.7. The molecule has 4 rings (SSSR count). The molecule has 0 saturated carbocycles. The van der Waals surface area contributed by atoms with E-state index >= 15 is 0 Å². The molecule has 0 amide bonds. The standard InChI is InChI=1S/C16H14N4O11S3.C6H6N2O5S/c17-7-1-2-8(9(5-7)32(23,24)25)19-20-14-11(34(29,30)31)4-6-3-10(33(26,27)28)13(18)15(21)12(6)16(14)22;7-5-2-1-4(8(9)10)3-6(5)14(11,12)13/h1-5,21-22H,17-18H2,(H,23,24,25)(H,26,27,28)(H,29,30,31);1-3H,7H2,(H,11,12,13). The SMILES string of the molecule is Nc1ccc(N=Nc2c(S(=O)(=O)O)cc3cc(S(=O)(=O)O)c(N)c(O)c3c2O)c(S(=O)(=O)O)c1.Nc1ccc([N+](=O)[O-])cc1S(=O)(=O)O. The van der Waals surface area contributed by atoms with Gasteiger partial charge in [-0.25, -0.2) is 0 Å². The number of hydrogen-bond donors (Lipinski definition) is 9. The van der Waals surface area contributed by atoms with E-state index in [9.17, 15) is 67.7 Å². The molecule has 0 saturated heterocycles. The van der Waals surface area contributed by atoms with Gasteiger partial charge in [0.15, 0.2) is 11.5 Å². The zero-order valence-corrected chi connectivity index (χ0v) is 26.4. The molecule has 48 heavy (non-hydrogen) atoms. The summed E-state index contributed by atoms with van der Waals surface area (Å²) < 4.78 is 128. The first kappa shape index (κ1) is 37.2. The lowest BCUT2D eigenvalue weighted by molar-refractivity contribution is -0.385. The smallest absolute Gasteiger partial charge is 0.296 e. The fraction of sp³-hybridized carbons (Fsp3) is 0. The molecule has 0 heterocycles. The second kappa shape index (κ2) is 12.8. The van der Waals surface area contributed by atoms with E-state index in [1.54, 1.807) is 0 Å². The van der Waals surface area contributed by atoms with Crippen molar-refractivity contribution in [3.05, 3.63) is 58.6 Å². The highest BCUT2D eigenvalue weighted by Gasteiger charge is 2.28. The zero-order valence-electron chi connectivity index (χ0n) is 23.1. The van der Waals surface area contributed by atoms with Gasteiger partial charge in [0, 0.05) is 17.8 Å². The number of anilines is 3. The Morgan fingerprint density at radius 3 is 1.65 bits per heavy atom. The van der Waals surface area contributed by atoms with Gasteiger partial charge in [0.2, 0.25) is 0 Å². The topological polar surface area (TPSA) is 404 Å². The van der Waals surface area contributed by atoms with E-state index in [1.165, 1.54) is 0 Å². The van der Waals surface area contributed by atoms with Gasteiger partial charge >= 0.3 is 0 Å². The van der Waals surface area contributed by atoms with Gasteiger partial charge in [0.25, 0.3) is 46.2 Å². The minimum Gasteiger partial charge on any atom is -0.505 e. The molecule has 0 fully saturated rings. The second-order valence-electron chi connectivity index (χ2n) is 9.11. The number of phenols is 2. The summed E-state index contributed by atoms with van der Waals surface area (Å²) in [6.07, 6.45) is 0. The Balaban J connectivity index is 0.000000373. The first-order valence-electron chi connectivity index (χ1n) is 11.8. The predicted octanol–water partition coefficient (Wildman–Crippen LogP) is 1.99. The van der Waals surface area contributed by atoms with Crippen LogP contribution in [0.3, 0.4) is 0 Å². The van der Waals surface area contributed by atoms with Crippen LogP contribution in [0.25, 0.3) is 10.8 Å². The predicted molar refractivity (Wildman–Crippen MR) is 163 cm³/mol. The minimum absolute atomic E-state index is 0.0891. The number of hydrogen-bond acceptors (Lipinski definition) is 17. The maximum absolute atomic E-state index is 11.9. The average Bonchev–Trinajstić information content (AvgIpc) is 2.92. The van der Waals surface area contributed by atoms with Crippen LogP contribution in [0.4, 0.5) is 34.1 Å². The number of phenolic OH excluding ortho intramolecular Hbond substituents is 2. The van der Waals surface area contributed by atoms with Crippen LogP contribution in [0.2, 0.25) is 0 Å². The van der Waals surface area contributed by atoms with E-state index in [2.05, 4.69) is 10.2 Å². The number of azo groups is 1. The Morgan fingerprint density at radius 1 is 0.625 bits per heavy atom. The highest BCUT2D eigenvalue weighted by molar-refractivity contribution is 7.86. The maximum atomic E-state index is 11.9. The largest absolute Gasteiger partial charge is 0.505 e. The van der Waals surface area contributed by atoms with E-state index in [-0.39, 0.29) is 11.4 Å². The third kappa shape index (κ3) is 8.01. The van der Waals surface area contributed by atoms with E-state index in [4.69, 9.17) is 21.8 Å². The highest BCUT2D eigenvalue weighted by atomic mass is 32.2. The highest BCUT2D eigenvalue weighted by Crippen LogP contribution is 2.48. The Morgan fingerprint density at radius 2 is 1.15 bits per heavy atom. The number of nitrogens with zero attached hydrogens (tertiary/aromatic N) is 3. The monoisotopic (exact) mass is 752 g/mol. The summed E-state index contributed by atoms with van der Waals surface area (Å²) in [5.41, 5.74) is 12.9. The average molecular weight is 753 g/mol. The number of non-ortho nitro benzene ring substituents is 1. The van der Waals surface area contributed by atoms with Gasteiger partial charge in [0.05, 0.1) is 21.7 Å². The Bertz CT molecular complexity index is 2490. The van der Waals surface area contributed by atoms with E-state index in [0.29, 0.717) is 18.2 Å². The molecule has 12 N–H and O–H groups in total. The second-order valence-corrected chi connectivity index (χ2v) is 14.7. The van der Waals surface area contributed by atoms with Crippen molar-refractivity contribution in [3.63, 3.8) is 0 Å². The lowest BCUT2D eigenvalue weighted by atomic mass is 10.1. The molecular weight excluding hydrogens is 733 g/mol. The van der Waals surface area contributed by atoms with Crippen molar-refractivity contribution >= 4 is 85.4 Å². The molecule has 0 aromatic heterocycles. The summed E-state index contributed by atoms with van der Waals surface area (Å²) in [5.74, 6) is -2.25. The van der Waals surface area contributed by atoms with Gasteiger partial charge < -0.3 is 27.4 Å². The summed E-state index contributed by atoms with van der Waals surface area (Å²) in [4.78, 5) is 5.85. The summed E-state index contributed by atoms with van der Waals surface area (Å²) in [7, 11) is -19.6. The molecule has 0 unspecified atom stereocenters. The van der Waals surface area contributed by atoms with Crippen LogP contribution in [0.5, 0.6) is 11.5 Å². The molecule has 4 aromatic carbocycles. The summed E-state index contributed by atoms with van der Waals surface area (Å²) in [6, 6.07) is 6.95. The molecule has 0 aliphatic carbocycles. The molecule has 4 aromatic rings. The molecule has 0 aliphatic rings. The zero-order chi connectivity index (χ0) is 36.7. The maximum Gasteiger partial charge on any atom is 0.296 e. The molecule has 0 spiro atoms. The molecular formula is C22H20N6O16S4. The number of nitrogen functional groups attached to an aromatic ring is 3. The number of nitro benzene ring substituents is 1. The Hall–Kier alpha value is -5.22.